The average Bonchev–Trinajstić information content (AvgIpc) is 3.06. The van der Waals surface area contributed by atoms with Crippen LogP contribution in [0.15, 0.2) is 36.4 Å². The highest BCUT2D eigenvalue weighted by Gasteiger charge is 2.31. The largest absolute Gasteiger partial charge is 0.492 e. The molecule has 1 aromatic heterocycles. The zero-order valence-corrected chi connectivity index (χ0v) is 14.6. The summed E-state index contributed by atoms with van der Waals surface area (Å²) in [6, 6.07) is 11.6. The lowest BCUT2D eigenvalue weighted by atomic mass is 10.2. The predicted molar refractivity (Wildman–Crippen MR) is 94.2 cm³/mol. The van der Waals surface area contributed by atoms with E-state index < -0.39 is 12.1 Å². The van der Waals surface area contributed by atoms with Crippen LogP contribution in [0.5, 0.6) is 5.75 Å². The van der Waals surface area contributed by atoms with E-state index >= 15 is 0 Å². The van der Waals surface area contributed by atoms with Crippen molar-refractivity contribution >= 4 is 23.2 Å². The lowest BCUT2D eigenvalue weighted by Crippen LogP contribution is -2.48. The fraction of sp³-hybridized carbons (Fsp3) is 0.333. The van der Waals surface area contributed by atoms with Crippen molar-refractivity contribution in [2.75, 3.05) is 26.3 Å². The third-order valence-electron chi connectivity index (χ3n) is 3.88. The maximum atomic E-state index is 12.9. The molecule has 0 spiro atoms. The van der Waals surface area contributed by atoms with Crippen LogP contribution in [0.1, 0.15) is 16.6 Å². The smallest absolute Gasteiger partial charge is 0.334 e. The number of ether oxygens (including phenoxy) is 2. The van der Waals surface area contributed by atoms with E-state index in [9.17, 15) is 9.59 Å². The normalized spacial score (nSPS) is 17.3. The van der Waals surface area contributed by atoms with E-state index in [1.807, 2.05) is 43.3 Å². The Hall–Kier alpha value is -2.38. The second kappa shape index (κ2) is 7.67. The molecule has 6 nitrogen and oxygen atoms in total. The molecule has 1 N–H and O–H groups in total. The van der Waals surface area contributed by atoms with E-state index in [2.05, 4.69) is 0 Å². The van der Waals surface area contributed by atoms with Gasteiger partial charge in [-0.3, -0.25) is 4.79 Å². The number of nitrogens with zero attached hydrogens (tertiary/aromatic N) is 1. The first-order chi connectivity index (χ1) is 12.1. The summed E-state index contributed by atoms with van der Waals surface area (Å²) in [6.07, 6.45) is -0.984. The van der Waals surface area contributed by atoms with Gasteiger partial charge in [0.1, 0.15) is 10.6 Å². The molecule has 0 radical (unpaired) electrons. The second-order valence-electron chi connectivity index (χ2n) is 5.55. The standard InChI is InChI=1S/C18H19NO5S/c1-2-23-13-10-15(12-6-4-3-5-7-12)25-16(13)17(20)19-8-9-24-14(11-19)18(21)22/h3-7,10,14H,2,8-9,11H2,1H3,(H,21,22)/t14-/m1/s1. The van der Waals surface area contributed by atoms with Gasteiger partial charge in [-0.05, 0) is 18.6 Å². The summed E-state index contributed by atoms with van der Waals surface area (Å²) in [7, 11) is 0. The van der Waals surface area contributed by atoms with E-state index in [1.165, 1.54) is 16.2 Å². The Morgan fingerprint density at radius 3 is 2.80 bits per heavy atom. The number of hydrogen-bond donors (Lipinski definition) is 1. The van der Waals surface area contributed by atoms with Crippen molar-refractivity contribution in [1.29, 1.82) is 0 Å². The molecule has 0 saturated carbocycles. The van der Waals surface area contributed by atoms with E-state index in [-0.39, 0.29) is 19.1 Å². The lowest BCUT2D eigenvalue weighted by Gasteiger charge is -2.30. The van der Waals surface area contributed by atoms with Crippen LogP contribution in [0.2, 0.25) is 0 Å². The molecule has 3 rings (SSSR count). The molecular weight excluding hydrogens is 342 g/mol. The number of benzene rings is 1. The van der Waals surface area contributed by atoms with Crippen LogP contribution in [-0.2, 0) is 9.53 Å². The van der Waals surface area contributed by atoms with Gasteiger partial charge in [0, 0.05) is 11.4 Å². The quantitative estimate of drug-likeness (QED) is 0.886. The molecule has 1 amide bonds. The third-order valence-corrected chi connectivity index (χ3v) is 5.03. The molecule has 1 aliphatic heterocycles. The molecule has 1 aliphatic rings. The SMILES string of the molecule is CCOc1cc(-c2ccccc2)sc1C(=O)N1CCO[C@@H](C(=O)O)C1. The summed E-state index contributed by atoms with van der Waals surface area (Å²) in [5.74, 6) is -0.737. The number of morpholine rings is 1. The zero-order chi connectivity index (χ0) is 17.8. The van der Waals surface area contributed by atoms with Gasteiger partial charge in [0.15, 0.2) is 6.10 Å². The Bertz CT molecular complexity index is 758. The summed E-state index contributed by atoms with van der Waals surface area (Å²) in [5.41, 5.74) is 1.01. The van der Waals surface area contributed by atoms with Crippen LogP contribution in [0, 0.1) is 0 Å². The van der Waals surface area contributed by atoms with Crippen LogP contribution in [0.25, 0.3) is 10.4 Å². The monoisotopic (exact) mass is 361 g/mol. The topological polar surface area (TPSA) is 76.1 Å². The van der Waals surface area contributed by atoms with E-state index in [0.717, 1.165) is 10.4 Å². The predicted octanol–water partition coefficient (Wildman–Crippen LogP) is 2.74. The fourth-order valence-electron chi connectivity index (χ4n) is 2.66. The minimum absolute atomic E-state index is 0.0400. The summed E-state index contributed by atoms with van der Waals surface area (Å²) in [5, 5.41) is 9.11. The number of carboxylic acid groups (broad SMARTS) is 1. The van der Waals surface area contributed by atoms with Gasteiger partial charge in [-0.25, -0.2) is 4.79 Å². The van der Waals surface area contributed by atoms with E-state index in [4.69, 9.17) is 14.6 Å². The molecular formula is C18H19NO5S. The van der Waals surface area contributed by atoms with Crippen LogP contribution >= 0.6 is 11.3 Å². The van der Waals surface area contributed by atoms with Crippen molar-refractivity contribution < 1.29 is 24.2 Å². The van der Waals surface area contributed by atoms with Crippen LogP contribution in [0.3, 0.4) is 0 Å². The minimum Gasteiger partial charge on any atom is -0.492 e. The van der Waals surface area contributed by atoms with Crippen molar-refractivity contribution in [3.8, 4) is 16.2 Å². The molecule has 1 saturated heterocycles. The third kappa shape index (κ3) is 3.83. The summed E-state index contributed by atoms with van der Waals surface area (Å²) >= 11 is 1.36. The molecule has 1 aromatic carbocycles. The Morgan fingerprint density at radius 1 is 1.36 bits per heavy atom. The molecule has 0 bridgehead atoms. The first kappa shape index (κ1) is 17.4. The molecule has 2 aromatic rings. The molecule has 25 heavy (non-hydrogen) atoms. The Morgan fingerprint density at radius 2 is 2.12 bits per heavy atom. The summed E-state index contributed by atoms with van der Waals surface area (Å²) in [6.45, 7) is 2.93. The van der Waals surface area contributed by atoms with Crippen molar-refractivity contribution in [3.05, 3.63) is 41.3 Å². The number of thiophene rings is 1. The highest BCUT2D eigenvalue weighted by atomic mass is 32.1. The zero-order valence-electron chi connectivity index (χ0n) is 13.8. The molecule has 1 fully saturated rings. The van der Waals surface area contributed by atoms with Gasteiger partial charge in [0.25, 0.3) is 5.91 Å². The van der Waals surface area contributed by atoms with E-state index in [1.54, 1.807) is 0 Å². The fourth-order valence-corrected chi connectivity index (χ4v) is 3.73. The number of amides is 1. The first-order valence-corrected chi connectivity index (χ1v) is 8.87. The molecule has 132 valence electrons. The van der Waals surface area contributed by atoms with Crippen molar-refractivity contribution in [2.45, 2.75) is 13.0 Å². The maximum absolute atomic E-state index is 12.9. The molecule has 7 heteroatoms. The summed E-state index contributed by atoms with van der Waals surface area (Å²) < 4.78 is 10.8. The van der Waals surface area contributed by atoms with Gasteiger partial charge in [-0.2, -0.15) is 0 Å². The molecule has 0 aliphatic carbocycles. The Labute approximate surface area is 149 Å². The summed E-state index contributed by atoms with van der Waals surface area (Å²) in [4.78, 5) is 27.0. The molecule has 0 unspecified atom stereocenters. The van der Waals surface area contributed by atoms with Crippen molar-refractivity contribution in [1.82, 2.24) is 4.90 Å². The number of carbonyl (C=O) groups is 2. The number of carbonyl (C=O) groups excluding carboxylic acids is 1. The van der Waals surface area contributed by atoms with Crippen molar-refractivity contribution in [3.63, 3.8) is 0 Å². The lowest BCUT2D eigenvalue weighted by molar-refractivity contribution is -0.154. The Balaban J connectivity index is 1.88. The second-order valence-corrected chi connectivity index (χ2v) is 6.60. The number of aliphatic carboxylic acids is 1. The number of rotatable bonds is 5. The van der Waals surface area contributed by atoms with Gasteiger partial charge in [-0.1, -0.05) is 30.3 Å². The van der Waals surface area contributed by atoms with Crippen molar-refractivity contribution in [2.24, 2.45) is 0 Å². The maximum Gasteiger partial charge on any atom is 0.334 e. The highest BCUT2D eigenvalue weighted by molar-refractivity contribution is 7.17. The molecule has 2 heterocycles. The van der Waals surface area contributed by atoms with Crippen LogP contribution in [-0.4, -0.2) is 54.3 Å². The number of hydrogen-bond acceptors (Lipinski definition) is 5. The Kier molecular flexibility index (Phi) is 5.35. The average molecular weight is 361 g/mol. The van der Waals surface area contributed by atoms with E-state index in [0.29, 0.717) is 23.8 Å². The molecule has 1 atom stereocenters. The van der Waals surface area contributed by atoms with Gasteiger partial charge >= 0.3 is 5.97 Å². The van der Waals surface area contributed by atoms with Gasteiger partial charge in [-0.15, -0.1) is 11.3 Å². The van der Waals surface area contributed by atoms with Gasteiger partial charge in [0.05, 0.1) is 19.8 Å². The van der Waals surface area contributed by atoms with Gasteiger partial charge in [0.2, 0.25) is 0 Å². The minimum atomic E-state index is -1.06. The van der Waals surface area contributed by atoms with Crippen LogP contribution in [0.4, 0.5) is 0 Å². The first-order valence-electron chi connectivity index (χ1n) is 8.06. The highest BCUT2D eigenvalue weighted by Crippen LogP contribution is 2.37. The van der Waals surface area contributed by atoms with Gasteiger partial charge < -0.3 is 19.5 Å². The number of carboxylic acids is 1. The van der Waals surface area contributed by atoms with Crippen LogP contribution < -0.4 is 4.74 Å².